The van der Waals surface area contributed by atoms with E-state index in [1.165, 1.54) is 25.1 Å². The first-order valence-corrected chi connectivity index (χ1v) is 5.08. The number of halogens is 2. The average Bonchev–Trinajstić information content (AvgIpc) is 2.15. The summed E-state index contributed by atoms with van der Waals surface area (Å²) in [7, 11) is 0. The van der Waals surface area contributed by atoms with Crippen LogP contribution in [-0.4, -0.2) is 16.2 Å². The van der Waals surface area contributed by atoms with Crippen molar-refractivity contribution >= 4 is 21.9 Å². The van der Waals surface area contributed by atoms with Crippen molar-refractivity contribution in [3.8, 4) is 0 Å². The number of aliphatic hydroxyl groups is 1. The van der Waals surface area contributed by atoms with E-state index in [2.05, 4.69) is 15.9 Å². The summed E-state index contributed by atoms with van der Waals surface area (Å²) in [5, 5.41) is 18.4. The van der Waals surface area contributed by atoms with Crippen LogP contribution in [0, 0.1) is 11.7 Å². The molecule has 0 saturated carbocycles. The first kappa shape index (κ1) is 12.1. The summed E-state index contributed by atoms with van der Waals surface area (Å²) in [4.78, 5) is 10.6. The van der Waals surface area contributed by atoms with Gasteiger partial charge in [-0.2, -0.15) is 0 Å². The molecule has 1 aromatic carbocycles. The lowest BCUT2D eigenvalue weighted by molar-refractivity contribution is -0.145. The molecule has 3 nitrogen and oxygen atoms in total. The summed E-state index contributed by atoms with van der Waals surface area (Å²) in [6.45, 7) is 1.39. The summed E-state index contributed by atoms with van der Waals surface area (Å²) in [6.07, 6.45) is -1.16. The number of aliphatic carboxylic acids is 1. The molecule has 0 heterocycles. The molecule has 0 fully saturated rings. The third-order valence-corrected chi connectivity index (χ3v) is 2.83. The summed E-state index contributed by atoms with van der Waals surface area (Å²) >= 11 is 3.07. The van der Waals surface area contributed by atoms with E-state index in [0.29, 0.717) is 10.0 Å². The van der Waals surface area contributed by atoms with Crippen LogP contribution in [0.5, 0.6) is 0 Å². The van der Waals surface area contributed by atoms with Gasteiger partial charge >= 0.3 is 5.97 Å². The smallest absolute Gasteiger partial charge is 0.309 e. The van der Waals surface area contributed by atoms with E-state index in [1.807, 2.05) is 0 Å². The first-order chi connectivity index (χ1) is 6.93. The second-order valence-corrected chi connectivity index (χ2v) is 4.09. The largest absolute Gasteiger partial charge is 0.481 e. The van der Waals surface area contributed by atoms with Gasteiger partial charge in [0, 0.05) is 4.47 Å². The minimum Gasteiger partial charge on any atom is -0.481 e. The molecule has 2 atom stereocenters. The van der Waals surface area contributed by atoms with Gasteiger partial charge in [0.15, 0.2) is 0 Å². The standard InChI is InChI=1S/C10H10BrFO3/c1-5(10(14)15)9(13)7-3-2-6(12)4-8(7)11/h2-5,9,13H,1H3,(H,14,15). The molecule has 0 aliphatic rings. The Morgan fingerprint density at radius 1 is 1.53 bits per heavy atom. The van der Waals surface area contributed by atoms with Crippen molar-refractivity contribution in [2.24, 2.45) is 5.92 Å². The van der Waals surface area contributed by atoms with Gasteiger partial charge < -0.3 is 10.2 Å². The van der Waals surface area contributed by atoms with Crippen LogP contribution in [-0.2, 0) is 4.79 Å². The van der Waals surface area contributed by atoms with E-state index < -0.39 is 23.8 Å². The predicted molar refractivity (Wildman–Crippen MR) is 55.9 cm³/mol. The summed E-state index contributed by atoms with van der Waals surface area (Å²) < 4.78 is 13.1. The van der Waals surface area contributed by atoms with Crippen molar-refractivity contribution in [1.29, 1.82) is 0 Å². The lowest BCUT2D eigenvalue weighted by Gasteiger charge is -2.16. The molecule has 0 aliphatic carbocycles. The molecule has 0 aromatic heterocycles. The summed E-state index contributed by atoms with van der Waals surface area (Å²) in [5.41, 5.74) is 0.367. The quantitative estimate of drug-likeness (QED) is 0.891. The van der Waals surface area contributed by atoms with Gasteiger partial charge in [0.25, 0.3) is 0 Å². The zero-order chi connectivity index (χ0) is 11.6. The Hall–Kier alpha value is -0.940. The van der Waals surface area contributed by atoms with Crippen molar-refractivity contribution < 1.29 is 19.4 Å². The van der Waals surface area contributed by atoms with E-state index in [0.717, 1.165) is 0 Å². The van der Waals surface area contributed by atoms with Crippen LogP contribution in [0.15, 0.2) is 22.7 Å². The highest BCUT2D eigenvalue weighted by Gasteiger charge is 2.24. The minimum atomic E-state index is -1.16. The number of aliphatic hydroxyl groups excluding tert-OH is 1. The fourth-order valence-electron chi connectivity index (χ4n) is 1.15. The molecule has 5 heteroatoms. The highest BCUT2D eigenvalue weighted by molar-refractivity contribution is 9.10. The zero-order valence-electron chi connectivity index (χ0n) is 7.95. The highest BCUT2D eigenvalue weighted by atomic mass is 79.9. The molecule has 0 radical (unpaired) electrons. The van der Waals surface area contributed by atoms with Crippen LogP contribution in [0.3, 0.4) is 0 Å². The normalized spacial score (nSPS) is 14.7. The number of hydrogen-bond acceptors (Lipinski definition) is 2. The summed E-state index contributed by atoms with van der Waals surface area (Å²) in [6, 6.07) is 3.73. The fraction of sp³-hybridized carbons (Fsp3) is 0.300. The maximum absolute atomic E-state index is 12.7. The second-order valence-electron chi connectivity index (χ2n) is 3.24. The Morgan fingerprint density at radius 2 is 2.13 bits per heavy atom. The van der Waals surface area contributed by atoms with Crippen LogP contribution in [0.25, 0.3) is 0 Å². The molecule has 1 aromatic rings. The first-order valence-electron chi connectivity index (χ1n) is 4.29. The van der Waals surface area contributed by atoms with E-state index in [-0.39, 0.29) is 0 Å². The minimum absolute atomic E-state index is 0.364. The molecule has 0 bridgehead atoms. The molecular weight excluding hydrogens is 267 g/mol. The fourth-order valence-corrected chi connectivity index (χ4v) is 1.73. The van der Waals surface area contributed by atoms with E-state index in [1.54, 1.807) is 0 Å². The molecule has 0 saturated heterocycles. The number of carboxylic acids is 1. The average molecular weight is 277 g/mol. The number of carbonyl (C=O) groups is 1. The van der Waals surface area contributed by atoms with Crippen LogP contribution in [0.4, 0.5) is 4.39 Å². The van der Waals surface area contributed by atoms with Crippen LogP contribution < -0.4 is 0 Å². The zero-order valence-corrected chi connectivity index (χ0v) is 9.53. The predicted octanol–water partition coefficient (Wildman–Crippen LogP) is 2.34. The molecule has 0 spiro atoms. The van der Waals surface area contributed by atoms with Crippen molar-refractivity contribution in [2.75, 3.05) is 0 Å². The van der Waals surface area contributed by atoms with E-state index in [9.17, 15) is 14.3 Å². The number of hydrogen-bond donors (Lipinski definition) is 2. The lowest BCUT2D eigenvalue weighted by atomic mass is 9.98. The molecular formula is C10H10BrFO3. The van der Waals surface area contributed by atoms with Crippen molar-refractivity contribution in [1.82, 2.24) is 0 Å². The Morgan fingerprint density at radius 3 is 2.60 bits per heavy atom. The Balaban J connectivity index is 3.01. The molecule has 0 aliphatic heterocycles. The molecule has 2 unspecified atom stereocenters. The highest BCUT2D eigenvalue weighted by Crippen LogP contribution is 2.29. The van der Waals surface area contributed by atoms with Gasteiger partial charge in [-0.3, -0.25) is 4.79 Å². The van der Waals surface area contributed by atoms with E-state index in [4.69, 9.17) is 5.11 Å². The number of carboxylic acid groups (broad SMARTS) is 1. The lowest BCUT2D eigenvalue weighted by Crippen LogP contribution is -2.18. The Kier molecular flexibility index (Phi) is 3.82. The van der Waals surface area contributed by atoms with Crippen molar-refractivity contribution in [3.63, 3.8) is 0 Å². The van der Waals surface area contributed by atoms with Gasteiger partial charge in [-0.15, -0.1) is 0 Å². The Bertz CT molecular complexity index is 381. The van der Waals surface area contributed by atoms with Gasteiger partial charge in [0.1, 0.15) is 5.82 Å². The van der Waals surface area contributed by atoms with Crippen LogP contribution >= 0.6 is 15.9 Å². The van der Waals surface area contributed by atoms with Crippen molar-refractivity contribution in [2.45, 2.75) is 13.0 Å². The summed E-state index contributed by atoms with van der Waals surface area (Å²) in [5.74, 6) is -2.48. The van der Waals surface area contributed by atoms with Crippen molar-refractivity contribution in [3.05, 3.63) is 34.1 Å². The molecule has 2 N–H and O–H groups in total. The monoisotopic (exact) mass is 276 g/mol. The molecule has 0 amide bonds. The van der Waals surface area contributed by atoms with Gasteiger partial charge in [0.05, 0.1) is 12.0 Å². The second kappa shape index (κ2) is 4.72. The maximum Gasteiger partial charge on any atom is 0.309 e. The number of benzene rings is 1. The van der Waals surface area contributed by atoms with Crippen LogP contribution in [0.1, 0.15) is 18.6 Å². The van der Waals surface area contributed by atoms with Crippen LogP contribution in [0.2, 0.25) is 0 Å². The SMILES string of the molecule is CC(C(=O)O)C(O)c1ccc(F)cc1Br. The van der Waals surface area contributed by atoms with Gasteiger partial charge in [0.2, 0.25) is 0 Å². The van der Waals surface area contributed by atoms with Gasteiger partial charge in [-0.05, 0) is 24.6 Å². The third kappa shape index (κ3) is 2.76. The van der Waals surface area contributed by atoms with Gasteiger partial charge in [-0.25, -0.2) is 4.39 Å². The topological polar surface area (TPSA) is 57.5 Å². The molecule has 15 heavy (non-hydrogen) atoms. The molecule has 1 rings (SSSR count). The number of rotatable bonds is 3. The maximum atomic E-state index is 12.7. The van der Waals surface area contributed by atoms with E-state index >= 15 is 0 Å². The Labute approximate surface area is 94.7 Å². The third-order valence-electron chi connectivity index (χ3n) is 2.14. The van der Waals surface area contributed by atoms with Gasteiger partial charge in [-0.1, -0.05) is 22.0 Å². The molecule has 82 valence electrons.